The second-order valence-corrected chi connectivity index (χ2v) is 9.98. The Hall–Kier alpha value is -2.78. The Balaban J connectivity index is 1.61. The zero-order chi connectivity index (χ0) is 22.8. The summed E-state index contributed by atoms with van der Waals surface area (Å²) in [5.74, 6) is 2.39. The Kier molecular flexibility index (Phi) is 6.16. The van der Waals surface area contributed by atoms with Crippen molar-refractivity contribution in [1.82, 2.24) is 4.90 Å². The molecular formula is C30H35NO2. The van der Waals surface area contributed by atoms with Crippen LogP contribution in [-0.4, -0.2) is 38.3 Å². The SMILES string of the molecule is COc1cc(OCCN2CCCC2)c2c(c1)C(C)(C)[C@H](c1ccccc1)[C@H]2c1ccccc1. The molecule has 0 aromatic heterocycles. The summed E-state index contributed by atoms with van der Waals surface area (Å²) in [6.45, 7) is 8.81. The van der Waals surface area contributed by atoms with Gasteiger partial charge in [0.25, 0.3) is 0 Å². The predicted octanol–water partition coefficient (Wildman–Crippen LogP) is 6.38. The van der Waals surface area contributed by atoms with E-state index in [1.807, 2.05) is 0 Å². The van der Waals surface area contributed by atoms with Gasteiger partial charge in [0.1, 0.15) is 18.1 Å². The van der Waals surface area contributed by atoms with E-state index in [2.05, 4.69) is 91.5 Å². The van der Waals surface area contributed by atoms with Crippen LogP contribution in [0.25, 0.3) is 0 Å². The maximum absolute atomic E-state index is 6.56. The Labute approximate surface area is 198 Å². The molecule has 0 spiro atoms. The number of hydrogen-bond donors (Lipinski definition) is 0. The number of nitrogens with zero attached hydrogens (tertiary/aromatic N) is 1. The minimum atomic E-state index is -0.0706. The lowest BCUT2D eigenvalue weighted by atomic mass is 9.70. The van der Waals surface area contributed by atoms with Gasteiger partial charge in [-0.2, -0.15) is 0 Å². The first-order chi connectivity index (χ1) is 16.1. The second-order valence-electron chi connectivity index (χ2n) is 9.98. The van der Waals surface area contributed by atoms with Crippen molar-refractivity contribution in [1.29, 1.82) is 0 Å². The van der Waals surface area contributed by atoms with E-state index in [9.17, 15) is 0 Å². The third kappa shape index (κ3) is 4.15. The van der Waals surface area contributed by atoms with Gasteiger partial charge in [0.15, 0.2) is 0 Å². The van der Waals surface area contributed by atoms with E-state index >= 15 is 0 Å². The third-order valence-corrected chi connectivity index (χ3v) is 7.65. The van der Waals surface area contributed by atoms with Gasteiger partial charge in [0.05, 0.1) is 7.11 Å². The minimum Gasteiger partial charge on any atom is -0.497 e. The highest BCUT2D eigenvalue weighted by atomic mass is 16.5. The molecule has 0 bridgehead atoms. The lowest BCUT2D eigenvalue weighted by Crippen LogP contribution is -2.25. The van der Waals surface area contributed by atoms with Crippen molar-refractivity contribution in [3.05, 3.63) is 95.1 Å². The highest BCUT2D eigenvalue weighted by Crippen LogP contribution is 2.60. The van der Waals surface area contributed by atoms with E-state index in [-0.39, 0.29) is 11.3 Å². The molecule has 0 N–H and O–H groups in total. The summed E-state index contributed by atoms with van der Waals surface area (Å²) in [5.41, 5.74) is 5.30. The van der Waals surface area contributed by atoms with E-state index < -0.39 is 0 Å². The van der Waals surface area contributed by atoms with E-state index in [0.29, 0.717) is 12.5 Å². The monoisotopic (exact) mass is 441 g/mol. The zero-order valence-electron chi connectivity index (χ0n) is 20.1. The van der Waals surface area contributed by atoms with Crippen LogP contribution in [0.5, 0.6) is 11.5 Å². The Bertz CT molecular complexity index is 1070. The Morgan fingerprint density at radius 1 is 0.879 bits per heavy atom. The van der Waals surface area contributed by atoms with Gasteiger partial charge in [-0.1, -0.05) is 74.5 Å². The van der Waals surface area contributed by atoms with Crippen LogP contribution in [0.15, 0.2) is 72.8 Å². The summed E-state index contributed by atoms with van der Waals surface area (Å²) in [6, 6.07) is 26.3. The van der Waals surface area contributed by atoms with Crippen molar-refractivity contribution in [3.8, 4) is 11.5 Å². The summed E-state index contributed by atoms with van der Waals surface area (Å²) in [4.78, 5) is 2.51. The normalized spacial score (nSPS) is 21.7. The minimum absolute atomic E-state index is 0.0706. The fourth-order valence-corrected chi connectivity index (χ4v) is 6.02. The molecule has 3 nitrogen and oxygen atoms in total. The van der Waals surface area contributed by atoms with Crippen LogP contribution in [-0.2, 0) is 5.41 Å². The Morgan fingerprint density at radius 3 is 2.15 bits per heavy atom. The fourth-order valence-electron chi connectivity index (χ4n) is 6.02. The van der Waals surface area contributed by atoms with Crippen molar-refractivity contribution < 1.29 is 9.47 Å². The maximum Gasteiger partial charge on any atom is 0.127 e. The first-order valence-electron chi connectivity index (χ1n) is 12.3. The van der Waals surface area contributed by atoms with E-state index in [1.165, 1.54) is 48.2 Å². The van der Waals surface area contributed by atoms with Gasteiger partial charge in [0.2, 0.25) is 0 Å². The van der Waals surface area contributed by atoms with Crippen molar-refractivity contribution in [3.63, 3.8) is 0 Å². The van der Waals surface area contributed by atoms with Gasteiger partial charge in [0, 0.05) is 30.0 Å². The van der Waals surface area contributed by atoms with Gasteiger partial charge in [-0.05, 0) is 54.1 Å². The highest BCUT2D eigenvalue weighted by Gasteiger charge is 2.49. The molecule has 2 aliphatic rings. The van der Waals surface area contributed by atoms with Crippen LogP contribution in [0.1, 0.15) is 60.8 Å². The maximum atomic E-state index is 6.56. The first-order valence-corrected chi connectivity index (χ1v) is 12.3. The van der Waals surface area contributed by atoms with Gasteiger partial charge in [-0.3, -0.25) is 4.90 Å². The number of likely N-dealkylation sites (tertiary alicyclic amines) is 1. The molecule has 3 aromatic rings. The number of benzene rings is 3. The molecule has 1 fully saturated rings. The Morgan fingerprint density at radius 2 is 1.52 bits per heavy atom. The number of rotatable bonds is 7. The topological polar surface area (TPSA) is 21.7 Å². The summed E-state index contributed by atoms with van der Waals surface area (Å²) in [5, 5.41) is 0. The average Bonchev–Trinajstić information content (AvgIpc) is 3.44. The summed E-state index contributed by atoms with van der Waals surface area (Å²) < 4.78 is 12.3. The van der Waals surface area contributed by atoms with E-state index in [4.69, 9.17) is 9.47 Å². The number of methoxy groups -OCH3 is 1. The molecule has 0 unspecified atom stereocenters. The van der Waals surface area contributed by atoms with Crippen molar-refractivity contribution in [2.45, 2.75) is 43.9 Å². The molecular weight excluding hydrogens is 406 g/mol. The van der Waals surface area contributed by atoms with Gasteiger partial charge in [-0.25, -0.2) is 0 Å². The molecule has 33 heavy (non-hydrogen) atoms. The lowest BCUT2D eigenvalue weighted by molar-refractivity contribution is 0.235. The van der Waals surface area contributed by atoms with Crippen LogP contribution < -0.4 is 9.47 Å². The standard InChI is InChI=1S/C30H35NO2/c1-30(2)25-20-24(32-3)21-26(33-19-18-31-16-10-11-17-31)28(25)27(22-12-6-4-7-13-22)29(30)23-14-8-5-9-15-23/h4-9,12-15,20-21,27,29H,10-11,16-19H2,1-3H3/t27-,29+/m0/s1. The second kappa shape index (κ2) is 9.23. The third-order valence-electron chi connectivity index (χ3n) is 7.65. The van der Waals surface area contributed by atoms with Crippen LogP contribution in [0.2, 0.25) is 0 Å². The van der Waals surface area contributed by atoms with Gasteiger partial charge >= 0.3 is 0 Å². The molecule has 3 heteroatoms. The summed E-state index contributed by atoms with van der Waals surface area (Å²) in [7, 11) is 1.75. The van der Waals surface area contributed by atoms with Crippen LogP contribution >= 0.6 is 0 Å². The molecule has 1 saturated heterocycles. The molecule has 1 aliphatic heterocycles. The van der Waals surface area contributed by atoms with Crippen molar-refractivity contribution in [2.75, 3.05) is 33.4 Å². The van der Waals surface area contributed by atoms with Crippen molar-refractivity contribution >= 4 is 0 Å². The van der Waals surface area contributed by atoms with Gasteiger partial charge in [-0.15, -0.1) is 0 Å². The highest BCUT2D eigenvalue weighted by molar-refractivity contribution is 5.61. The van der Waals surface area contributed by atoms with Crippen LogP contribution in [0.3, 0.4) is 0 Å². The summed E-state index contributed by atoms with van der Waals surface area (Å²) in [6.07, 6.45) is 2.61. The van der Waals surface area contributed by atoms with Crippen LogP contribution in [0, 0.1) is 0 Å². The predicted molar refractivity (Wildman–Crippen MR) is 135 cm³/mol. The fraction of sp³-hybridized carbons (Fsp3) is 0.400. The molecule has 1 aliphatic carbocycles. The smallest absolute Gasteiger partial charge is 0.127 e. The lowest BCUT2D eigenvalue weighted by Gasteiger charge is -2.32. The molecule has 3 aromatic carbocycles. The van der Waals surface area contributed by atoms with Crippen molar-refractivity contribution in [2.24, 2.45) is 0 Å². The van der Waals surface area contributed by atoms with Gasteiger partial charge < -0.3 is 9.47 Å². The molecule has 5 rings (SSSR count). The molecule has 0 amide bonds. The number of fused-ring (bicyclic) bond motifs is 1. The zero-order valence-corrected chi connectivity index (χ0v) is 20.1. The number of hydrogen-bond acceptors (Lipinski definition) is 3. The quantitative estimate of drug-likeness (QED) is 0.425. The summed E-state index contributed by atoms with van der Waals surface area (Å²) >= 11 is 0. The molecule has 0 saturated carbocycles. The molecule has 1 heterocycles. The molecule has 2 atom stereocenters. The van der Waals surface area contributed by atoms with E-state index in [0.717, 1.165) is 18.0 Å². The largest absolute Gasteiger partial charge is 0.497 e. The van der Waals surface area contributed by atoms with E-state index in [1.54, 1.807) is 7.11 Å². The van der Waals surface area contributed by atoms with Crippen LogP contribution in [0.4, 0.5) is 0 Å². The first kappa shape index (κ1) is 22.0. The average molecular weight is 442 g/mol. The number of ether oxygens (including phenoxy) is 2. The molecule has 172 valence electrons. The molecule has 0 radical (unpaired) electrons.